The largest absolute Gasteiger partial charge is 0.360 e. The molecule has 2 heterocycles. The number of carbonyl (C=O) groups excluding carboxylic acids is 1. The molecule has 7 heteroatoms. The smallest absolute Gasteiger partial charge is 0.261 e. The van der Waals surface area contributed by atoms with Crippen molar-refractivity contribution >= 4 is 34.1 Å². The predicted octanol–water partition coefficient (Wildman–Crippen LogP) is 5.28. The number of rotatable bonds is 3. The van der Waals surface area contributed by atoms with E-state index in [-0.39, 0.29) is 11.5 Å². The van der Waals surface area contributed by atoms with Gasteiger partial charge in [-0.05, 0) is 56.4 Å². The number of aromatic amines is 1. The van der Waals surface area contributed by atoms with E-state index in [0.29, 0.717) is 33.3 Å². The first-order chi connectivity index (χ1) is 15.0. The Morgan fingerprint density at radius 2 is 1.90 bits per heavy atom. The van der Waals surface area contributed by atoms with Crippen LogP contribution in [0.15, 0.2) is 51.8 Å². The summed E-state index contributed by atoms with van der Waals surface area (Å²) >= 11 is 6.30. The molecule has 0 spiro atoms. The summed E-state index contributed by atoms with van der Waals surface area (Å²) in [6, 6.07) is 12.8. The molecule has 0 bridgehead atoms. The van der Waals surface area contributed by atoms with E-state index < -0.39 is 0 Å². The number of amides is 1. The van der Waals surface area contributed by atoms with Gasteiger partial charge >= 0.3 is 0 Å². The van der Waals surface area contributed by atoms with Gasteiger partial charge in [-0.25, -0.2) is 0 Å². The average Bonchev–Trinajstić information content (AvgIpc) is 3.15. The van der Waals surface area contributed by atoms with Crippen LogP contribution in [0.4, 0.5) is 5.69 Å². The van der Waals surface area contributed by atoms with Crippen molar-refractivity contribution in [2.45, 2.75) is 32.6 Å². The van der Waals surface area contributed by atoms with Gasteiger partial charge in [-0.1, -0.05) is 41.0 Å². The highest BCUT2D eigenvalue weighted by Gasteiger charge is 2.23. The highest BCUT2D eigenvalue weighted by Crippen LogP contribution is 2.32. The van der Waals surface area contributed by atoms with Crippen LogP contribution in [-0.4, -0.2) is 16.0 Å². The minimum atomic E-state index is -0.353. The van der Waals surface area contributed by atoms with E-state index in [9.17, 15) is 9.59 Å². The van der Waals surface area contributed by atoms with Gasteiger partial charge in [0.1, 0.15) is 17.0 Å². The highest BCUT2D eigenvalue weighted by atomic mass is 35.5. The van der Waals surface area contributed by atoms with Crippen LogP contribution in [0.3, 0.4) is 0 Å². The summed E-state index contributed by atoms with van der Waals surface area (Å²) in [5, 5.41) is 8.47. The quantitative estimate of drug-likeness (QED) is 0.460. The number of anilines is 1. The zero-order valence-electron chi connectivity index (χ0n) is 16.9. The first-order valence-corrected chi connectivity index (χ1v) is 10.6. The second kappa shape index (κ2) is 7.71. The van der Waals surface area contributed by atoms with Crippen molar-refractivity contribution in [1.82, 2.24) is 10.1 Å². The molecular weight excluding hydrogens is 414 g/mol. The number of hydrogen-bond acceptors (Lipinski definition) is 4. The lowest BCUT2D eigenvalue weighted by Crippen LogP contribution is -2.19. The lowest BCUT2D eigenvalue weighted by Gasteiger charge is -2.17. The van der Waals surface area contributed by atoms with E-state index in [1.807, 2.05) is 24.3 Å². The van der Waals surface area contributed by atoms with Gasteiger partial charge in [-0.2, -0.15) is 0 Å². The van der Waals surface area contributed by atoms with Gasteiger partial charge in [0.2, 0.25) is 0 Å². The molecule has 0 radical (unpaired) electrons. The zero-order chi connectivity index (χ0) is 21.5. The van der Waals surface area contributed by atoms with Gasteiger partial charge in [0.25, 0.3) is 11.5 Å². The lowest BCUT2D eigenvalue weighted by molar-refractivity contribution is 0.102. The minimum Gasteiger partial charge on any atom is -0.360 e. The molecule has 31 heavy (non-hydrogen) atoms. The van der Waals surface area contributed by atoms with Crippen LogP contribution in [0.1, 0.15) is 40.1 Å². The van der Waals surface area contributed by atoms with Crippen LogP contribution < -0.4 is 10.9 Å². The molecule has 156 valence electrons. The van der Waals surface area contributed by atoms with Gasteiger partial charge in [-0.15, -0.1) is 0 Å². The molecule has 0 unspecified atom stereocenters. The third kappa shape index (κ3) is 3.43. The maximum atomic E-state index is 13.1. The SMILES string of the molecule is Cc1onc(-c2ccccc2Cl)c1C(=O)Nc1ccc2c3c(c(=O)[nH]c2c1)CCCC3. The number of pyridine rings is 1. The van der Waals surface area contributed by atoms with E-state index >= 15 is 0 Å². The number of nitrogens with one attached hydrogen (secondary N) is 2. The van der Waals surface area contributed by atoms with Crippen molar-refractivity contribution in [3.05, 3.63) is 80.3 Å². The Kier molecular flexibility index (Phi) is 4.87. The van der Waals surface area contributed by atoms with Crippen LogP contribution in [-0.2, 0) is 12.8 Å². The second-order valence-corrected chi connectivity index (χ2v) is 8.18. The fourth-order valence-electron chi connectivity index (χ4n) is 4.31. The van der Waals surface area contributed by atoms with Gasteiger partial charge < -0.3 is 14.8 Å². The number of aromatic nitrogens is 2. The van der Waals surface area contributed by atoms with E-state index in [1.165, 1.54) is 0 Å². The van der Waals surface area contributed by atoms with Crippen LogP contribution in [0.25, 0.3) is 22.2 Å². The van der Waals surface area contributed by atoms with Crippen LogP contribution in [0.2, 0.25) is 5.02 Å². The number of nitrogens with zero attached hydrogens (tertiary/aromatic N) is 1. The maximum absolute atomic E-state index is 13.1. The van der Waals surface area contributed by atoms with Crippen molar-refractivity contribution in [1.29, 1.82) is 0 Å². The number of carbonyl (C=O) groups is 1. The summed E-state index contributed by atoms with van der Waals surface area (Å²) in [4.78, 5) is 28.6. The van der Waals surface area contributed by atoms with Crippen LogP contribution in [0.5, 0.6) is 0 Å². The van der Waals surface area contributed by atoms with Gasteiger partial charge in [-0.3, -0.25) is 9.59 Å². The molecule has 0 saturated heterocycles. The number of fused-ring (bicyclic) bond motifs is 3. The topological polar surface area (TPSA) is 88.0 Å². The summed E-state index contributed by atoms with van der Waals surface area (Å²) in [7, 11) is 0. The number of H-pyrrole nitrogens is 1. The summed E-state index contributed by atoms with van der Waals surface area (Å²) in [6.45, 7) is 1.69. The lowest BCUT2D eigenvalue weighted by atomic mass is 9.90. The molecule has 4 aromatic rings. The Hall–Kier alpha value is -3.38. The fraction of sp³-hybridized carbons (Fsp3) is 0.208. The monoisotopic (exact) mass is 433 g/mol. The highest BCUT2D eigenvalue weighted by molar-refractivity contribution is 6.33. The van der Waals surface area contributed by atoms with Crippen molar-refractivity contribution in [2.75, 3.05) is 5.32 Å². The standard InChI is InChI=1S/C24H20ClN3O3/c1-13-21(22(28-31-13)18-8-4-5-9-19(18)25)24(30)26-14-10-11-16-15-6-2-3-7-17(15)23(29)27-20(16)12-14/h4-5,8-12H,2-3,6-7H2,1H3,(H,26,30)(H,27,29). The molecule has 0 aliphatic heterocycles. The molecule has 5 rings (SSSR count). The van der Waals surface area contributed by atoms with Crippen molar-refractivity contribution in [3.63, 3.8) is 0 Å². The van der Waals surface area contributed by atoms with Crippen molar-refractivity contribution in [3.8, 4) is 11.3 Å². The third-order valence-electron chi connectivity index (χ3n) is 5.81. The predicted molar refractivity (Wildman–Crippen MR) is 121 cm³/mol. The average molecular weight is 434 g/mol. The number of hydrogen-bond donors (Lipinski definition) is 2. The zero-order valence-corrected chi connectivity index (χ0v) is 17.7. The molecule has 2 aromatic carbocycles. The van der Waals surface area contributed by atoms with Crippen LogP contribution in [0, 0.1) is 6.92 Å². The number of benzene rings is 2. The van der Waals surface area contributed by atoms with Gasteiger partial charge in [0.05, 0.1) is 10.5 Å². The molecule has 0 saturated carbocycles. The number of aryl methyl sites for hydroxylation is 2. The van der Waals surface area contributed by atoms with E-state index in [1.54, 1.807) is 25.1 Å². The normalized spacial score (nSPS) is 13.2. The molecule has 1 aliphatic carbocycles. The Morgan fingerprint density at radius 3 is 2.71 bits per heavy atom. The van der Waals surface area contributed by atoms with Crippen molar-refractivity contribution < 1.29 is 9.32 Å². The molecule has 1 aliphatic rings. The molecule has 0 atom stereocenters. The van der Waals surface area contributed by atoms with Gasteiger partial charge in [0, 0.05) is 22.2 Å². The van der Waals surface area contributed by atoms with E-state index in [0.717, 1.165) is 47.7 Å². The van der Waals surface area contributed by atoms with Crippen LogP contribution >= 0.6 is 11.6 Å². The molecule has 2 aromatic heterocycles. The summed E-state index contributed by atoms with van der Waals surface area (Å²) in [6.07, 6.45) is 3.85. The van der Waals surface area contributed by atoms with Gasteiger partial charge in [0.15, 0.2) is 0 Å². The Labute approximate surface area is 183 Å². The second-order valence-electron chi connectivity index (χ2n) is 7.78. The molecule has 2 N–H and O–H groups in total. The molecular formula is C24H20ClN3O3. The summed E-state index contributed by atoms with van der Waals surface area (Å²) in [5.74, 6) is 0.0454. The maximum Gasteiger partial charge on any atom is 0.261 e. The summed E-state index contributed by atoms with van der Waals surface area (Å²) < 4.78 is 5.30. The Bertz CT molecular complexity index is 1390. The molecule has 1 amide bonds. The first kappa shape index (κ1) is 19.6. The number of halogens is 1. The van der Waals surface area contributed by atoms with E-state index in [4.69, 9.17) is 16.1 Å². The van der Waals surface area contributed by atoms with E-state index in [2.05, 4.69) is 15.5 Å². The third-order valence-corrected chi connectivity index (χ3v) is 6.14. The molecule has 0 fully saturated rings. The minimum absolute atomic E-state index is 0.0402. The first-order valence-electron chi connectivity index (χ1n) is 10.2. The Balaban J connectivity index is 1.51. The van der Waals surface area contributed by atoms with Crippen molar-refractivity contribution in [2.24, 2.45) is 0 Å². The fourth-order valence-corrected chi connectivity index (χ4v) is 4.53. The molecule has 6 nitrogen and oxygen atoms in total. The summed E-state index contributed by atoms with van der Waals surface area (Å²) in [5.41, 5.74) is 4.61. The Morgan fingerprint density at radius 1 is 1.13 bits per heavy atom.